The Labute approximate surface area is 136 Å². The average molecular weight is 310 g/mol. The molecule has 120 valence electrons. The number of benzene rings is 1. The third-order valence-corrected chi connectivity index (χ3v) is 4.46. The summed E-state index contributed by atoms with van der Waals surface area (Å²) in [5, 5.41) is 14.4. The molecule has 0 saturated heterocycles. The highest BCUT2D eigenvalue weighted by Gasteiger charge is 2.16. The first-order chi connectivity index (χ1) is 11.1. The standard InChI is InChI=1S/C18H22N4O/c1-12-6-5-9-15(13(12)2)20-18(23)16-10-11-17(22-21-16)19-14-7-3-4-8-14/h5-6,9-11,14H,3-4,7-8H2,1-2H3,(H,19,22)(H,20,23). The van der Waals surface area contributed by atoms with Crippen molar-refractivity contribution in [3.63, 3.8) is 0 Å². The molecule has 5 heteroatoms. The summed E-state index contributed by atoms with van der Waals surface area (Å²) in [6.45, 7) is 4.01. The van der Waals surface area contributed by atoms with Gasteiger partial charge in [-0.25, -0.2) is 0 Å². The second-order valence-corrected chi connectivity index (χ2v) is 6.13. The van der Waals surface area contributed by atoms with Crippen LogP contribution in [0, 0.1) is 13.8 Å². The van der Waals surface area contributed by atoms with Crippen LogP contribution in [0.5, 0.6) is 0 Å². The molecule has 3 rings (SSSR count). The van der Waals surface area contributed by atoms with Gasteiger partial charge in [-0.1, -0.05) is 25.0 Å². The predicted octanol–water partition coefficient (Wildman–Crippen LogP) is 3.70. The highest BCUT2D eigenvalue weighted by molar-refractivity contribution is 6.03. The summed E-state index contributed by atoms with van der Waals surface area (Å²) in [5.74, 6) is 0.499. The van der Waals surface area contributed by atoms with Crippen LogP contribution in [0.15, 0.2) is 30.3 Å². The fourth-order valence-electron chi connectivity index (χ4n) is 2.88. The average Bonchev–Trinajstić information content (AvgIpc) is 3.05. The molecular formula is C18H22N4O. The number of anilines is 2. The zero-order valence-corrected chi connectivity index (χ0v) is 13.6. The largest absolute Gasteiger partial charge is 0.366 e. The third-order valence-electron chi connectivity index (χ3n) is 4.46. The summed E-state index contributed by atoms with van der Waals surface area (Å²) < 4.78 is 0. The maximum atomic E-state index is 12.3. The van der Waals surface area contributed by atoms with Gasteiger partial charge in [0.05, 0.1) is 0 Å². The number of nitrogens with one attached hydrogen (secondary N) is 2. The van der Waals surface area contributed by atoms with E-state index in [1.165, 1.54) is 25.7 Å². The van der Waals surface area contributed by atoms with E-state index in [1.54, 1.807) is 6.07 Å². The molecule has 2 N–H and O–H groups in total. The second kappa shape index (κ2) is 6.77. The van der Waals surface area contributed by atoms with E-state index in [-0.39, 0.29) is 5.91 Å². The molecule has 1 heterocycles. The Balaban J connectivity index is 1.66. The lowest BCUT2D eigenvalue weighted by Gasteiger charge is -2.12. The number of carbonyl (C=O) groups excluding carboxylic acids is 1. The monoisotopic (exact) mass is 310 g/mol. The number of aromatic nitrogens is 2. The van der Waals surface area contributed by atoms with Gasteiger partial charge in [-0.15, -0.1) is 10.2 Å². The van der Waals surface area contributed by atoms with Crippen molar-refractivity contribution in [1.82, 2.24) is 10.2 Å². The summed E-state index contributed by atoms with van der Waals surface area (Å²) in [7, 11) is 0. The van der Waals surface area contributed by atoms with E-state index < -0.39 is 0 Å². The lowest BCUT2D eigenvalue weighted by Crippen LogP contribution is -2.18. The van der Waals surface area contributed by atoms with Crippen LogP contribution in [0.2, 0.25) is 0 Å². The molecule has 1 aliphatic carbocycles. The molecule has 0 spiro atoms. The van der Waals surface area contributed by atoms with Crippen LogP contribution in [0.4, 0.5) is 11.5 Å². The summed E-state index contributed by atoms with van der Waals surface area (Å²) >= 11 is 0. The van der Waals surface area contributed by atoms with Crippen LogP contribution in [-0.2, 0) is 0 Å². The maximum Gasteiger partial charge on any atom is 0.276 e. The lowest BCUT2D eigenvalue weighted by atomic mass is 10.1. The number of aryl methyl sites for hydroxylation is 1. The molecule has 23 heavy (non-hydrogen) atoms. The highest BCUT2D eigenvalue weighted by Crippen LogP contribution is 2.21. The molecule has 0 bridgehead atoms. The number of hydrogen-bond acceptors (Lipinski definition) is 4. The molecule has 1 aromatic heterocycles. The van der Waals surface area contributed by atoms with Crippen LogP contribution in [-0.4, -0.2) is 22.1 Å². The second-order valence-electron chi connectivity index (χ2n) is 6.13. The van der Waals surface area contributed by atoms with Crippen molar-refractivity contribution >= 4 is 17.4 Å². The van der Waals surface area contributed by atoms with Crippen LogP contribution < -0.4 is 10.6 Å². The van der Waals surface area contributed by atoms with E-state index in [2.05, 4.69) is 20.8 Å². The lowest BCUT2D eigenvalue weighted by molar-refractivity contribution is 0.102. The van der Waals surface area contributed by atoms with E-state index >= 15 is 0 Å². The number of nitrogens with zero attached hydrogens (tertiary/aromatic N) is 2. The van der Waals surface area contributed by atoms with Gasteiger partial charge in [0, 0.05) is 11.7 Å². The molecule has 1 fully saturated rings. The van der Waals surface area contributed by atoms with Gasteiger partial charge in [0.25, 0.3) is 5.91 Å². The zero-order chi connectivity index (χ0) is 16.2. The van der Waals surface area contributed by atoms with Gasteiger partial charge in [0.2, 0.25) is 0 Å². The van der Waals surface area contributed by atoms with Crippen LogP contribution in [0.3, 0.4) is 0 Å². The van der Waals surface area contributed by atoms with E-state index in [4.69, 9.17) is 0 Å². The van der Waals surface area contributed by atoms with Crippen molar-refractivity contribution in [3.05, 3.63) is 47.2 Å². The van der Waals surface area contributed by atoms with Gasteiger partial charge in [0.15, 0.2) is 5.69 Å². The van der Waals surface area contributed by atoms with Crippen molar-refractivity contribution < 1.29 is 4.79 Å². The Morgan fingerprint density at radius 1 is 1.09 bits per heavy atom. The van der Waals surface area contributed by atoms with E-state index in [0.29, 0.717) is 11.7 Å². The zero-order valence-electron chi connectivity index (χ0n) is 13.6. The maximum absolute atomic E-state index is 12.3. The minimum absolute atomic E-state index is 0.237. The molecule has 1 saturated carbocycles. The molecule has 0 radical (unpaired) electrons. The smallest absolute Gasteiger partial charge is 0.276 e. The SMILES string of the molecule is Cc1cccc(NC(=O)c2ccc(NC3CCCC3)nn2)c1C. The fraction of sp³-hybridized carbons (Fsp3) is 0.389. The fourth-order valence-corrected chi connectivity index (χ4v) is 2.88. The van der Waals surface area contributed by atoms with E-state index in [9.17, 15) is 4.79 Å². The summed E-state index contributed by atoms with van der Waals surface area (Å²) in [6.07, 6.45) is 4.88. The number of rotatable bonds is 4. The Kier molecular flexibility index (Phi) is 4.55. The first kappa shape index (κ1) is 15.5. The van der Waals surface area contributed by atoms with Crippen molar-refractivity contribution in [1.29, 1.82) is 0 Å². The number of carbonyl (C=O) groups is 1. The van der Waals surface area contributed by atoms with Gasteiger partial charge < -0.3 is 10.6 Å². The Morgan fingerprint density at radius 3 is 2.57 bits per heavy atom. The van der Waals surface area contributed by atoms with Gasteiger partial charge in [-0.05, 0) is 56.0 Å². The van der Waals surface area contributed by atoms with Gasteiger partial charge >= 0.3 is 0 Å². The van der Waals surface area contributed by atoms with Gasteiger partial charge in [-0.3, -0.25) is 4.79 Å². The molecule has 1 aromatic carbocycles. The molecule has 0 aliphatic heterocycles. The Morgan fingerprint density at radius 2 is 1.87 bits per heavy atom. The molecular weight excluding hydrogens is 288 g/mol. The minimum Gasteiger partial charge on any atom is -0.366 e. The molecule has 2 aromatic rings. The normalized spacial score (nSPS) is 14.7. The number of amides is 1. The van der Waals surface area contributed by atoms with E-state index in [1.807, 2.05) is 38.1 Å². The van der Waals surface area contributed by atoms with E-state index in [0.717, 1.165) is 22.6 Å². The molecule has 5 nitrogen and oxygen atoms in total. The van der Waals surface area contributed by atoms with Crippen molar-refractivity contribution in [3.8, 4) is 0 Å². The molecule has 1 amide bonds. The summed E-state index contributed by atoms with van der Waals surface area (Å²) in [6, 6.07) is 9.86. The first-order valence-electron chi connectivity index (χ1n) is 8.11. The van der Waals surface area contributed by atoms with Crippen molar-refractivity contribution in [2.24, 2.45) is 0 Å². The van der Waals surface area contributed by atoms with Crippen molar-refractivity contribution in [2.75, 3.05) is 10.6 Å². The topological polar surface area (TPSA) is 66.9 Å². The number of hydrogen-bond donors (Lipinski definition) is 2. The van der Waals surface area contributed by atoms with Gasteiger partial charge in [-0.2, -0.15) is 0 Å². The highest BCUT2D eigenvalue weighted by atomic mass is 16.1. The van der Waals surface area contributed by atoms with Gasteiger partial charge in [0.1, 0.15) is 5.82 Å². The van der Waals surface area contributed by atoms with Crippen LogP contribution in [0.1, 0.15) is 47.3 Å². The first-order valence-corrected chi connectivity index (χ1v) is 8.11. The quantitative estimate of drug-likeness (QED) is 0.903. The third kappa shape index (κ3) is 3.67. The van der Waals surface area contributed by atoms with Crippen LogP contribution >= 0.6 is 0 Å². The molecule has 0 atom stereocenters. The van der Waals surface area contributed by atoms with Crippen molar-refractivity contribution in [2.45, 2.75) is 45.6 Å². The Bertz CT molecular complexity index is 691. The minimum atomic E-state index is -0.237. The Hall–Kier alpha value is -2.43. The molecule has 0 unspecified atom stereocenters. The summed E-state index contributed by atoms with van der Waals surface area (Å²) in [5.41, 5.74) is 3.34. The predicted molar refractivity (Wildman–Crippen MR) is 91.8 cm³/mol. The molecule has 1 aliphatic rings. The van der Waals surface area contributed by atoms with Crippen LogP contribution in [0.25, 0.3) is 0 Å². The summed E-state index contributed by atoms with van der Waals surface area (Å²) in [4.78, 5) is 12.3.